The molecule has 0 aliphatic heterocycles. The number of aromatic nitrogens is 2. The minimum absolute atomic E-state index is 0.253. The minimum atomic E-state index is -0.253. The van der Waals surface area contributed by atoms with Gasteiger partial charge in [-0.2, -0.15) is 0 Å². The molecule has 0 unspecified atom stereocenters. The number of rotatable bonds is 14. The van der Waals surface area contributed by atoms with Crippen molar-refractivity contribution in [1.82, 2.24) is 9.13 Å². The van der Waals surface area contributed by atoms with Gasteiger partial charge in [0.1, 0.15) is 0 Å². The van der Waals surface area contributed by atoms with Crippen LogP contribution in [-0.2, 0) is 5.41 Å². The van der Waals surface area contributed by atoms with Crippen LogP contribution in [0.25, 0.3) is 133 Å². The molecule has 0 spiro atoms. The van der Waals surface area contributed by atoms with Crippen LogP contribution >= 0.6 is 0 Å². The maximum atomic E-state index is 2.44. The molecule has 2 aromatic heterocycles. The fraction of sp³-hybridized carbons (Fsp3) is 0.0303. The van der Waals surface area contributed by atoms with Crippen molar-refractivity contribution in [1.29, 1.82) is 0 Å². The van der Waals surface area contributed by atoms with Crippen LogP contribution in [0.3, 0.4) is 0 Å². The van der Waals surface area contributed by atoms with Crippen molar-refractivity contribution < 1.29 is 0 Å². The average molecular weight is 1320 g/mol. The summed E-state index contributed by atoms with van der Waals surface area (Å²) in [6.07, 6.45) is 0. The first-order chi connectivity index (χ1) is 50.8. The zero-order chi connectivity index (χ0) is 68.5. The van der Waals surface area contributed by atoms with Gasteiger partial charge in [-0.25, -0.2) is 0 Å². The fourth-order valence-electron chi connectivity index (χ4n) is 16.1. The van der Waals surface area contributed by atoms with Gasteiger partial charge in [0.15, 0.2) is 0 Å². The Morgan fingerprint density at radius 3 is 0.913 bits per heavy atom. The van der Waals surface area contributed by atoms with Gasteiger partial charge in [-0.1, -0.05) is 275 Å². The number of anilines is 6. The van der Waals surface area contributed by atoms with Gasteiger partial charge >= 0.3 is 0 Å². The molecular formula is C99H70N4. The molecule has 103 heavy (non-hydrogen) atoms. The third-order valence-corrected chi connectivity index (χ3v) is 21.4. The lowest BCUT2D eigenvalue weighted by Gasteiger charge is -2.28. The maximum absolute atomic E-state index is 2.44. The predicted molar refractivity (Wildman–Crippen MR) is 435 cm³/mol. The van der Waals surface area contributed by atoms with Crippen molar-refractivity contribution in [2.24, 2.45) is 0 Å². The van der Waals surface area contributed by atoms with Crippen LogP contribution in [0.2, 0.25) is 0 Å². The van der Waals surface area contributed by atoms with Gasteiger partial charge in [-0.05, 0) is 216 Å². The zero-order valence-electron chi connectivity index (χ0n) is 57.2. The number of fused-ring (bicyclic) bond motifs is 9. The summed E-state index contributed by atoms with van der Waals surface area (Å²) in [7, 11) is 0. The van der Waals surface area contributed by atoms with Crippen LogP contribution in [0.15, 0.2) is 388 Å². The van der Waals surface area contributed by atoms with E-state index in [9.17, 15) is 0 Å². The first kappa shape index (κ1) is 60.9. The monoisotopic (exact) mass is 1310 g/mol. The second kappa shape index (κ2) is 25.2. The predicted octanol–water partition coefficient (Wildman–Crippen LogP) is 27.1. The molecule has 0 N–H and O–H groups in total. The van der Waals surface area contributed by atoms with E-state index < -0.39 is 0 Å². The number of hydrogen-bond acceptors (Lipinski definition) is 2. The van der Waals surface area contributed by atoms with E-state index in [0.29, 0.717) is 0 Å². The normalized spacial score (nSPS) is 12.3. The number of para-hydroxylation sites is 5. The van der Waals surface area contributed by atoms with E-state index in [1.807, 2.05) is 0 Å². The standard InChI is InChI=1S/C99H70N4/c1-99(2)93-65-85(59-61-87(93)88-62-60-86(66-94(88)99)103-95-27-15-12-24-89(95)90-25-13-16-28-96(90)103)101(83-55-42-73(43-56-83)67-18-6-3-7-19-67)84-57-48-76(49-58-84)71-36-32-69(33-37-71)68-30-34-70(35-31-68)74-44-51-81(52-45-74)100(79-20-8-4-9-21-79)82-53-46-75(47-54-82)72-38-40-77(41-39-72)78-50-63-98-92(64-78)91-26-14-17-29-97(91)102(98)80-22-10-5-11-23-80/h3-66H,1-2H3. The van der Waals surface area contributed by atoms with Crippen LogP contribution < -0.4 is 9.80 Å². The van der Waals surface area contributed by atoms with Crippen molar-refractivity contribution >= 4 is 77.7 Å². The Morgan fingerprint density at radius 2 is 0.476 bits per heavy atom. The molecule has 0 saturated heterocycles. The Balaban J connectivity index is 0.554. The molecular weight excluding hydrogens is 1250 g/mol. The van der Waals surface area contributed by atoms with Crippen LogP contribution in [-0.4, -0.2) is 9.13 Å². The molecule has 2 heterocycles. The second-order valence-electron chi connectivity index (χ2n) is 27.7. The van der Waals surface area contributed by atoms with E-state index >= 15 is 0 Å². The lowest BCUT2D eigenvalue weighted by atomic mass is 9.82. The molecule has 4 heteroatoms. The maximum Gasteiger partial charge on any atom is 0.0541 e. The average Bonchev–Trinajstić information content (AvgIpc) is 1.57. The summed E-state index contributed by atoms with van der Waals surface area (Å²) in [6.45, 7) is 4.78. The molecule has 1 aliphatic rings. The van der Waals surface area contributed by atoms with Crippen molar-refractivity contribution in [3.05, 3.63) is 399 Å². The summed E-state index contributed by atoms with van der Waals surface area (Å²) < 4.78 is 4.80. The van der Waals surface area contributed by atoms with Gasteiger partial charge in [0.2, 0.25) is 0 Å². The van der Waals surface area contributed by atoms with Gasteiger partial charge in [0, 0.05) is 72.5 Å². The molecule has 0 fully saturated rings. The molecule has 18 aromatic rings. The summed E-state index contributed by atoms with van der Waals surface area (Å²) in [4.78, 5) is 4.75. The Labute approximate surface area is 600 Å². The van der Waals surface area contributed by atoms with Crippen LogP contribution in [0.1, 0.15) is 25.0 Å². The highest BCUT2D eigenvalue weighted by Crippen LogP contribution is 2.52. The first-order valence-corrected chi connectivity index (χ1v) is 35.6. The second-order valence-corrected chi connectivity index (χ2v) is 27.7. The Bertz CT molecular complexity index is 6120. The fourth-order valence-corrected chi connectivity index (χ4v) is 16.1. The summed E-state index contributed by atoms with van der Waals surface area (Å²) in [5, 5.41) is 5.05. The Kier molecular flexibility index (Phi) is 14.9. The molecule has 0 amide bonds. The quantitative estimate of drug-likeness (QED) is 0.108. The minimum Gasteiger partial charge on any atom is -0.311 e. The van der Waals surface area contributed by atoms with E-state index in [-0.39, 0.29) is 5.41 Å². The molecule has 486 valence electrons. The van der Waals surface area contributed by atoms with E-state index in [1.54, 1.807) is 0 Å². The van der Waals surface area contributed by atoms with Gasteiger partial charge < -0.3 is 18.9 Å². The highest BCUT2D eigenvalue weighted by atomic mass is 15.1. The lowest BCUT2D eigenvalue weighted by Crippen LogP contribution is -2.17. The Morgan fingerprint density at radius 1 is 0.194 bits per heavy atom. The highest BCUT2D eigenvalue weighted by Gasteiger charge is 2.37. The van der Waals surface area contributed by atoms with Gasteiger partial charge in [-0.15, -0.1) is 0 Å². The van der Waals surface area contributed by atoms with Gasteiger partial charge in [0.05, 0.1) is 22.1 Å². The molecule has 0 bridgehead atoms. The topological polar surface area (TPSA) is 16.3 Å². The third kappa shape index (κ3) is 10.8. The lowest BCUT2D eigenvalue weighted by molar-refractivity contribution is 0.660. The Hall–Kier alpha value is -13.3. The molecule has 0 saturated carbocycles. The molecule has 1 aliphatic carbocycles. The van der Waals surface area contributed by atoms with E-state index in [0.717, 1.165) is 39.7 Å². The smallest absolute Gasteiger partial charge is 0.0541 e. The summed E-state index contributed by atoms with van der Waals surface area (Å²) in [5.41, 5.74) is 33.0. The van der Waals surface area contributed by atoms with Crippen molar-refractivity contribution in [3.63, 3.8) is 0 Å². The largest absolute Gasteiger partial charge is 0.311 e. The summed E-state index contributed by atoms with van der Waals surface area (Å²) >= 11 is 0. The zero-order valence-corrected chi connectivity index (χ0v) is 57.2. The molecule has 0 atom stereocenters. The van der Waals surface area contributed by atoms with Crippen LogP contribution in [0.4, 0.5) is 34.1 Å². The summed E-state index contributed by atoms with van der Waals surface area (Å²) in [5.74, 6) is 0. The highest BCUT2D eigenvalue weighted by molar-refractivity contribution is 6.11. The number of benzene rings is 16. The molecule has 19 rings (SSSR count). The third-order valence-electron chi connectivity index (χ3n) is 21.4. The van der Waals surface area contributed by atoms with Crippen molar-refractivity contribution in [3.8, 4) is 89.3 Å². The number of hydrogen-bond donors (Lipinski definition) is 0. The van der Waals surface area contributed by atoms with Crippen molar-refractivity contribution in [2.45, 2.75) is 19.3 Å². The first-order valence-electron chi connectivity index (χ1n) is 35.6. The van der Waals surface area contributed by atoms with E-state index in [1.165, 1.54) is 138 Å². The SMILES string of the molecule is CC1(C)c2cc(N(c3ccc(-c4ccccc4)cc3)c3ccc(-c4ccc(-c5ccc(-c6ccc(N(c7ccccc7)c7ccc(-c8ccc(-c9ccc%10c(c9)c9ccccc9n%10-c9ccccc9)cc8)cc7)cc6)cc5)cc4)cc3)ccc2-c2ccc(-n3c4ccccc4c4ccccc43)cc21. The van der Waals surface area contributed by atoms with Crippen LogP contribution in [0.5, 0.6) is 0 Å². The van der Waals surface area contributed by atoms with Gasteiger partial charge in [0.25, 0.3) is 0 Å². The molecule has 0 radical (unpaired) electrons. The van der Waals surface area contributed by atoms with Crippen molar-refractivity contribution in [2.75, 3.05) is 9.80 Å². The molecule has 4 nitrogen and oxygen atoms in total. The number of nitrogens with zero attached hydrogens (tertiary/aromatic N) is 4. The van der Waals surface area contributed by atoms with E-state index in [4.69, 9.17) is 0 Å². The summed E-state index contributed by atoms with van der Waals surface area (Å²) in [6, 6.07) is 142. The van der Waals surface area contributed by atoms with Crippen LogP contribution in [0, 0.1) is 0 Å². The molecule has 16 aromatic carbocycles. The van der Waals surface area contributed by atoms with Gasteiger partial charge in [-0.3, -0.25) is 0 Å². The van der Waals surface area contributed by atoms with E-state index in [2.05, 4.69) is 421 Å².